The summed E-state index contributed by atoms with van der Waals surface area (Å²) in [6.07, 6.45) is 6.67. The summed E-state index contributed by atoms with van der Waals surface area (Å²) in [6, 6.07) is 22.5. The Balaban J connectivity index is 0.787. The second-order valence-electron chi connectivity index (χ2n) is 16.3. The first-order valence-electron chi connectivity index (χ1n) is 20.8. The summed E-state index contributed by atoms with van der Waals surface area (Å²) in [5, 5.41) is 9.46. The van der Waals surface area contributed by atoms with Gasteiger partial charge in [0.15, 0.2) is 5.84 Å². The van der Waals surface area contributed by atoms with E-state index in [1.165, 1.54) is 0 Å². The number of piperidine rings is 2. The van der Waals surface area contributed by atoms with E-state index in [9.17, 15) is 19.2 Å². The number of nitrogens with one attached hydrogen (secondary N) is 1. The molecule has 4 amide bonds. The average Bonchev–Trinajstić information content (AvgIpc) is 3.76. The molecule has 3 aromatic carbocycles. The number of imide groups is 2. The maximum Gasteiger partial charge on any atom is 0.262 e. The molecule has 310 valence electrons. The number of aliphatic imine (C=N–C) groups is 2. The third-order valence-corrected chi connectivity index (χ3v) is 12.7. The smallest absolute Gasteiger partial charge is 0.262 e. The van der Waals surface area contributed by atoms with Crippen molar-refractivity contribution in [3.8, 4) is 17.2 Å². The molecule has 4 fully saturated rings. The molecule has 1 unspecified atom stereocenters. The van der Waals surface area contributed by atoms with Crippen LogP contribution in [-0.2, 0) is 9.59 Å². The first-order valence-corrected chi connectivity index (χ1v) is 20.8. The Morgan fingerprint density at radius 1 is 0.800 bits per heavy atom. The van der Waals surface area contributed by atoms with E-state index < -0.39 is 29.7 Å². The third-order valence-electron chi connectivity index (χ3n) is 12.7. The van der Waals surface area contributed by atoms with Crippen LogP contribution in [0, 0.1) is 0 Å². The molecule has 3 N–H and O–H groups in total. The van der Waals surface area contributed by atoms with Crippen molar-refractivity contribution in [2.75, 3.05) is 33.2 Å². The number of carbonyl (C=O) groups excluding carboxylic acids is 4. The van der Waals surface area contributed by atoms with Crippen molar-refractivity contribution in [1.82, 2.24) is 25.0 Å². The molecule has 5 aliphatic heterocycles. The lowest BCUT2D eigenvalue weighted by atomic mass is 9.86. The highest BCUT2D eigenvalue weighted by Gasteiger charge is 2.45. The number of nitrogens with zero attached hydrogens (tertiary/aromatic N) is 7. The monoisotopic (exact) mass is 811 g/mol. The Kier molecular flexibility index (Phi) is 10.8. The Hall–Kier alpha value is -6.19. The second-order valence-corrected chi connectivity index (χ2v) is 16.3. The number of hydrogen-bond donors (Lipinski definition) is 2. The first-order chi connectivity index (χ1) is 29.2. The van der Waals surface area contributed by atoms with Gasteiger partial charge in [0.2, 0.25) is 11.8 Å². The van der Waals surface area contributed by atoms with Crippen molar-refractivity contribution >= 4 is 41.9 Å². The molecule has 1 saturated carbocycles. The molecule has 3 saturated heterocycles. The number of hydrogen-bond acceptors (Lipinski definition) is 12. The summed E-state index contributed by atoms with van der Waals surface area (Å²) >= 11 is 0. The number of nitrogens with two attached hydrogens (primary N) is 1. The zero-order valence-electron chi connectivity index (χ0n) is 33.7. The normalized spacial score (nSPS) is 26.8. The van der Waals surface area contributed by atoms with Gasteiger partial charge in [-0.05, 0) is 113 Å². The highest BCUT2D eigenvalue weighted by Crippen LogP contribution is 2.36. The van der Waals surface area contributed by atoms with Gasteiger partial charge in [0, 0.05) is 50.7 Å². The van der Waals surface area contributed by atoms with E-state index in [4.69, 9.17) is 25.3 Å². The Morgan fingerprint density at radius 2 is 1.48 bits per heavy atom. The molecule has 1 aliphatic carbocycles. The van der Waals surface area contributed by atoms with Gasteiger partial charge in [0.1, 0.15) is 40.9 Å². The Bertz CT molecular complexity index is 2300. The predicted octanol–water partition coefficient (Wildman–Crippen LogP) is 4.34. The molecule has 0 bridgehead atoms. The number of fused-ring (bicyclic) bond motifs is 1. The largest absolute Gasteiger partial charge is 0.488 e. The van der Waals surface area contributed by atoms with Crippen molar-refractivity contribution in [3.05, 3.63) is 101 Å². The highest BCUT2D eigenvalue weighted by molar-refractivity contribution is 6.32. The predicted molar refractivity (Wildman–Crippen MR) is 225 cm³/mol. The van der Waals surface area contributed by atoms with Gasteiger partial charge in [-0.1, -0.05) is 18.2 Å². The van der Waals surface area contributed by atoms with E-state index in [0.29, 0.717) is 35.1 Å². The van der Waals surface area contributed by atoms with Crippen molar-refractivity contribution in [2.45, 2.75) is 81.6 Å². The lowest BCUT2D eigenvalue weighted by molar-refractivity contribution is -0.136. The molecule has 60 heavy (non-hydrogen) atoms. The number of para-hydroxylation sites is 1. The van der Waals surface area contributed by atoms with Gasteiger partial charge in [-0.15, -0.1) is 0 Å². The fourth-order valence-electron chi connectivity index (χ4n) is 9.58. The number of ether oxygens (including phenoxy) is 2. The van der Waals surface area contributed by atoms with Crippen LogP contribution in [0.4, 0.5) is 0 Å². The summed E-state index contributed by atoms with van der Waals surface area (Å²) in [4.78, 5) is 65.4. The van der Waals surface area contributed by atoms with Gasteiger partial charge in [0.05, 0.1) is 22.7 Å². The molecule has 9 rings (SSSR count). The quantitative estimate of drug-likeness (QED) is 0.222. The van der Waals surface area contributed by atoms with E-state index >= 15 is 0 Å². The molecule has 6 aliphatic rings. The molecule has 15 nitrogen and oxygen atoms in total. The van der Waals surface area contributed by atoms with E-state index in [1.807, 2.05) is 54.6 Å². The molecule has 5 heterocycles. The summed E-state index contributed by atoms with van der Waals surface area (Å²) in [6.45, 7) is 7.24. The van der Waals surface area contributed by atoms with Crippen molar-refractivity contribution in [2.24, 2.45) is 20.8 Å². The summed E-state index contributed by atoms with van der Waals surface area (Å²) < 4.78 is 12.3. The van der Waals surface area contributed by atoms with Crippen LogP contribution in [0.3, 0.4) is 0 Å². The maximum absolute atomic E-state index is 13.3. The van der Waals surface area contributed by atoms with E-state index in [2.05, 4.69) is 31.8 Å². The van der Waals surface area contributed by atoms with Crippen LogP contribution >= 0.6 is 0 Å². The standard InChI is InChI=1S/C45H49N9O6/c1-47-41(46)39-40(27-10-16-32(17-11-27)59-31-8-4-3-5-9-31)50-54(42(39)48-2)30-7-6-22-51(24-30)28-12-14-29(15-13-28)52-25-34(26-52)60-33-18-19-35-36(23-33)45(58)53(44(35)57)37-20-21-38(55)49-43(37)56/h3-5,8-11,16-19,23,28-30,34,37H,1,6-7,12-15,20-22,24-26,46H2,2H3,(H,49,55,56)/b41-39-,48-42+/t28?,29?,30-,37?/m1/s1. The van der Waals surface area contributed by atoms with Gasteiger partial charge in [-0.25, -0.2) is 10.0 Å². The number of carbonyl (C=O) groups is 4. The molecule has 0 spiro atoms. The van der Waals surface area contributed by atoms with Crippen LogP contribution in [0.1, 0.15) is 77.6 Å². The maximum atomic E-state index is 13.3. The highest BCUT2D eigenvalue weighted by atomic mass is 16.5. The summed E-state index contributed by atoms with van der Waals surface area (Å²) in [5.74, 6) is 0.932. The van der Waals surface area contributed by atoms with Crippen molar-refractivity contribution in [3.63, 3.8) is 0 Å². The van der Waals surface area contributed by atoms with Crippen LogP contribution in [-0.4, -0.2) is 125 Å². The van der Waals surface area contributed by atoms with Crippen LogP contribution in [0.2, 0.25) is 0 Å². The van der Waals surface area contributed by atoms with E-state index in [1.54, 1.807) is 25.2 Å². The average molecular weight is 812 g/mol. The number of hydrazone groups is 1. The number of rotatable bonds is 10. The fraction of sp³-hybridized carbons (Fsp3) is 0.400. The summed E-state index contributed by atoms with van der Waals surface area (Å²) in [7, 11) is 1.77. The van der Waals surface area contributed by atoms with Crippen LogP contribution < -0.4 is 20.5 Å². The lowest BCUT2D eigenvalue weighted by Crippen LogP contribution is -2.59. The van der Waals surface area contributed by atoms with Gasteiger partial charge in [0.25, 0.3) is 11.8 Å². The van der Waals surface area contributed by atoms with E-state index in [0.717, 1.165) is 92.4 Å². The van der Waals surface area contributed by atoms with Crippen LogP contribution in [0.25, 0.3) is 0 Å². The minimum absolute atomic E-state index is 0.0211. The number of likely N-dealkylation sites (tertiary alicyclic amines) is 2. The fourth-order valence-corrected chi connectivity index (χ4v) is 9.58. The van der Waals surface area contributed by atoms with Crippen molar-refractivity contribution < 1.29 is 28.7 Å². The SMILES string of the molecule is C=N/C(N)=C1/C(c2ccc(Oc3ccccc3)cc2)=NN([C@@H]2CCCN(C3CCC(N4CC(Oc5ccc6c(c5)C(=O)N(C5CCC(=O)NC5=O)C6=O)C4)CC3)C2)/C1=N/C. The molecule has 0 aromatic heterocycles. The van der Waals surface area contributed by atoms with Gasteiger partial charge in [-0.2, -0.15) is 5.10 Å². The molecule has 2 atom stereocenters. The molecular weight excluding hydrogens is 763 g/mol. The van der Waals surface area contributed by atoms with Gasteiger partial charge >= 0.3 is 0 Å². The third kappa shape index (κ3) is 7.47. The van der Waals surface area contributed by atoms with Gasteiger partial charge < -0.3 is 15.2 Å². The zero-order chi connectivity index (χ0) is 41.5. The molecule has 15 heteroatoms. The second kappa shape index (κ2) is 16.5. The van der Waals surface area contributed by atoms with Gasteiger partial charge in [-0.3, -0.25) is 44.2 Å². The zero-order valence-corrected chi connectivity index (χ0v) is 33.7. The first kappa shape index (κ1) is 39.3. The number of amides is 4. The van der Waals surface area contributed by atoms with Crippen LogP contribution in [0.15, 0.2) is 99.3 Å². The van der Waals surface area contributed by atoms with E-state index in [-0.39, 0.29) is 36.1 Å². The topological polar surface area (TPSA) is 175 Å². The Morgan fingerprint density at radius 3 is 2.18 bits per heavy atom. The lowest BCUT2D eigenvalue weighted by Gasteiger charge is -2.48. The molecular formula is C45H49N9O6. The molecule has 0 radical (unpaired) electrons. The van der Waals surface area contributed by atoms with Crippen LogP contribution in [0.5, 0.6) is 17.2 Å². The number of amidine groups is 1. The summed E-state index contributed by atoms with van der Waals surface area (Å²) in [5.41, 5.74) is 9.24. The Labute approximate surface area is 348 Å². The number of benzene rings is 3. The minimum Gasteiger partial charge on any atom is -0.488 e. The van der Waals surface area contributed by atoms with Crippen molar-refractivity contribution in [1.29, 1.82) is 0 Å². The minimum atomic E-state index is -0.996. The molecule has 3 aromatic rings.